The summed E-state index contributed by atoms with van der Waals surface area (Å²) in [6.07, 6.45) is 2.42. The molecule has 4 heterocycles. The van der Waals surface area contributed by atoms with Crippen LogP contribution in [0.1, 0.15) is 69.7 Å². The number of H-pyrrole nitrogens is 1. The van der Waals surface area contributed by atoms with Crippen molar-refractivity contribution in [1.29, 1.82) is 0 Å². The second kappa shape index (κ2) is 10.4. The molecule has 4 aromatic rings. The lowest BCUT2D eigenvalue weighted by molar-refractivity contribution is 0.0712. The number of nitrogens with one attached hydrogen (secondary N) is 1. The first kappa shape index (κ1) is 25.6. The number of aromatic nitrogens is 2. The SMILES string of the molecule is CC(C)Oc1ccc(C(=O)N2CCC(c3nc(C(=O)N4CCc5[nH]c6ccc(F)cc6c5C4)cs3)CC2)cc1. The monoisotopic (exact) mass is 546 g/mol. The summed E-state index contributed by atoms with van der Waals surface area (Å²) in [6, 6.07) is 12.1. The maximum atomic E-state index is 13.9. The van der Waals surface area contributed by atoms with E-state index in [1.54, 1.807) is 11.0 Å². The third-order valence-corrected chi connectivity index (χ3v) is 8.58. The molecular weight excluding hydrogens is 515 g/mol. The number of rotatable bonds is 5. The molecule has 2 aromatic carbocycles. The van der Waals surface area contributed by atoms with Gasteiger partial charge in [-0.25, -0.2) is 9.37 Å². The van der Waals surface area contributed by atoms with Crippen LogP contribution in [0.4, 0.5) is 4.39 Å². The van der Waals surface area contributed by atoms with Crippen LogP contribution in [0.25, 0.3) is 10.9 Å². The summed E-state index contributed by atoms with van der Waals surface area (Å²) in [4.78, 5) is 38.1. The Morgan fingerprint density at radius 2 is 1.82 bits per heavy atom. The van der Waals surface area contributed by atoms with E-state index in [1.165, 1.54) is 23.5 Å². The van der Waals surface area contributed by atoms with Gasteiger partial charge in [0.15, 0.2) is 0 Å². The molecule has 0 radical (unpaired) electrons. The second-order valence-electron chi connectivity index (χ2n) is 10.6. The number of likely N-dealkylation sites (tertiary alicyclic amines) is 1. The Kier molecular flexibility index (Phi) is 6.85. The van der Waals surface area contributed by atoms with Crippen LogP contribution in [-0.2, 0) is 13.0 Å². The number of amides is 2. The van der Waals surface area contributed by atoms with Gasteiger partial charge in [0.05, 0.1) is 11.1 Å². The van der Waals surface area contributed by atoms with Gasteiger partial charge in [-0.2, -0.15) is 0 Å². The maximum absolute atomic E-state index is 13.9. The molecule has 39 heavy (non-hydrogen) atoms. The minimum Gasteiger partial charge on any atom is -0.491 e. The first-order valence-electron chi connectivity index (χ1n) is 13.5. The molecule has 0 spiro atoms. The van der Waals surface area contributed by atoms with Gasteiger partial charge in [0.1, 0.15) is 17.3 Å². The molecule has 1 fully saturated rings. The molecule has 0 saturated carbocycles. The van der Waals surface area contributed by atoms with Crippen molar-refractivity contribution in [2.75, 3.05) is 19.6 Å². The molecule has 202 valence electrons. The zero-order chi connectivity index (χ0) is 27.1. The zero-order valence-corrected chi connectivity index (χ0v) is 22.9. The highest BCUT2D eigenvalue weighted by atomic mass is 32.1. The quantitative estimate of drug-likeness (QED) is 0.345. The topological polar surface area (TPSA) is 78.5 Å². The molecule has 2 aliphatic rings. The molecule has 1 saturated heterocycles. The van der Waals surface area contributed by atoms with E-state index in [-0.39, 0.29) is 29.7 Å². The smallest absolute Gasteiger partial charge is 0.273 e. The number of halogens is 1. The Morgan fingerprint density at radius 1 is 1.05 bits per heavy atom. The lowest BCUT2D eigenvalue weighted by atomic mass is 9.97. The summed E-state index contributed by atoms with van der Waals surface area (Å²) >= 11 is 1.52. The van der Waals surface area contributed by atoms with Crippen molar-refractivity contribution < 1.29 is 18.7 Å². The van der Waals surface area contributed by atoms with Gasteiger partial charge in [0.25, 0.3) is 11.8 Å². The minimum atomic E-state index is -0.279. The number of nitrogens with zero attached hydrogens (tertiary/aromatic N) is 3. The Hall–Kier alpha value is -3.72. The fourth-order valence-corrected chi connectivity index (χ4v) is 6.52. The molecule has 0 aliphatic carbocycles. The van der Waals surface area contributed by atoms with Gasteiger partial charge in [-0.05, 0) is 69.2 Å². The summed E-state index contributed by atoms with van der Waals surface area (Å²) in [6.45, 7) is 6.29. The van der Waals surface area contributed by atoms with Crippen LogP contribution in [0.15, 0.2) is 47.8 Å². The maximum Gasteiger partial charge on any atom is 0.273 e. The van der Waals surface area contributed by atoms with Crippen molar-refractivity contribution >= 4 is 34.1 Å². The van der Waals surface area contributed by atoms with Crippen molar-refractivity contribution in [1.82, 2.24) is 19.8 Å². The van der Waals surface area contributed by atoms with Gasteiger partial charge in [0, 0.05) is 71.6 Å². The number of fused-ring (bicyclic) bond motifs is 3. The van der Waals surface area contributed by atoms with Gasteiger partial charge >= 0.3 is 0 Å². The third-order valence-electron chi connectivity index (χ3n) is 7.57. The molecule has 2 aromatic heterocycles. The lowest BCUT2D eigenvalue weighted by Gasteiger charge is -2.31. The van der Waals surface area contributed by atoms with Gasteiger partial charge in [-0.15, -0.1) is 11.3 Å². The molecule has 0 unspecified atom stereocenters. The average Bonchev–Trinajstić information content (AvgIpc) is 3.57. The fourth-order valence-electron chi connectivity index (χ4n) is 5.56. The van der Waals surface area contributed by atoms with Crippen LogP contribution in [0.3, 0.4) is 0 Å². The number of hydrogen-bond donors (Lipinski definition) is 1. The van der Waals surface area contributed by atoms with Crippen molar-refractivity contribution in [2.45, 2.75) is 51.7 Å². The number of carbonyl (C=O) groups is 2. The Morgan fingerprint density at radius 3 is 2.56 bits per heavy atom. The van der Waals surface area contributed by atoms with Gasteiger partial charge in [-0.3, -0.25) is 9.59 Å². The highest BCUT2D eigenvalue weighted by Gasteiger charge is 2.29. The van der Waals surface area contributed by atoms with E-state index in [0.29, 0.717) is 43.9 Å². The molecule has 2 amide bonds. The number of thiazole rings is 1. The summed E-state index contributed by atoms with van der Waals surface area (Å²) in [7, 11) is 0. The number of benzene rings is 2. The predicted octanol–water partition coefficient (Wildman–Crippen LogP) is 5.77. The molecule has 1 N–H and O–H groups in total. The Labute approximate surface area is 230 Å². The van der Waals surface area contributed by atoms with E-state index in [0.717, 1.165) is 45.8 Å². The normalized spacial score (nSPS) is 16.1. The highest BCUT2D eigenvalue weighted by molar-refractivity contribution is 7.09. The summed E-state index contributed by atoms with van der Waals surface area (Å²) < 4.78 is 19.5. The second-order valence-corrected chi connectivity index (χ2v) is 11.5. The number of carbonyl (C=O) groups excluding carboxylic acids is 2. The third kappa shape index (κ3) is 5.15. The number of ether oxygens (including phenoxy) is 1. The first-order valence-corrected chi connectivity index (χ1v) is 14.3. The van der Waals surface area contributed by atoms with E-state index in [4.69, 9.17) is 9.72 Å². The van der Waals surface area contributed by atoms with Crippen LogP contribution in [0.5, 0.6) is 5.75 Å². The van der Waals surface area contributed by atoms with Crippen molar-refractivity contribution in [2.24, 2.45) is 0 Å². The molecular formula is C30H31FN4O3S. The van der Waals surface area contributed by atoms with Gasteiger partial charge in [0.2, 0.25) is 0 Å². The number of aromatic amines is 1. The molecule has 2 aliphatic heterocycles. The van der Waals surface area contributed by atoms with Crippen molar-refractivity contribution in [3.8, 4) is 5.75 Å². The van der Waals surface area contributed by atoms with E-state index in [9.17, 15) is 14.0 Å². The summed E-state index contributed by atoms with van der Waals surface area (Å²) in [5.74, 6) is 0.646. The van der Waals surface area contributed by atoms with E-state index < -0.39 is 0 Å². The summed E-state index contributed by atoms with van der Waals surface area (Å²) in [5, 5.41) is 3.63. The lowest BCUT2D eigenvalue weighted by Crippen LogP contribution is -2.38. The molecule has 0 atom stereocenters. The van der Waals surface area contributed by atoms with E-state index >= 15 is 0 Å². The zero-order valence-electron chi connectivity index (χ0n) is 22.1. The molecule has 9 heteroatoms. The van der Waals surface area contributed by atoms with Crippen LogP contribution in [-0.4, -0.2) is 57.3 Å². The number of piperidine rings is 1. The molecule has 7 nitrogen and oxygen atoms in total. The average molecular weight is 547 g/mol. The first-order chi connectivity index (χ1) is 18.9. The molecule has 6 rings (SSSR count). The predicted molar refractivity (Wildman–Crippen MR) is 149 cm³/mol. The van der Waals surface area contributed by atoms with Gasteiger partial charge < -0.3 is 19.5 Å². The van der Waals surface area contributed by atoms with Crippen LogP contribution >= 0.6 is 11.3 Å². The Bertz CT molecular complexity index is 1520. The number of hydrogen-bond acceptors (Lipinski definition) is 5. The largest absolute Gasteiger partial charge is 0.491 e. The van der Waals surface area contributed by atoms with E-state index in [1.807, 2.05) is 48.4 Å². The van der Waals surface area contributed by atoms with Crippen LogP contribution in [0.2, 0.25) is 0 Å². The minimum absolute atomic E-state index is 0.0289. The standard InChI is InChI=1S/C30H31FN4O3S/c1-18(2)38-22-6-3-20(4-7-22)29(36)34-12-9-19(10-13-34)28-33-27(17-39-28)30(37)35-14-11-26-24(16-35)23-15-21(31)5-8-25(23)32-26/h3-8,15,17-19,32H,9-14,16H2,1-2H3. The summed E-state index contributed by atoms with van der Waals surface area (Å²) in [5.41, 5.74) is 4.08. The Balaban J connectivity index is 1.07. The highest BCUT2D eigenvalue weighted by Crippen LogP contribution is 2.33. The van der Waals surface area contributed by atoms with E-state index in [2.05, 4.69) is 4.98 Å². The molecule has 0 bridgehead atoms. The van der Waals surface area contributed by atoms with Gasteiger partial charge in [-0.1, -0.05) is 0 Å². The van der Waals surface area contributed by atoms with Crippen LogP contribution in [0, 0.1) is 5.82 Å². The van der Waals surface area contributed by atoms with Crippen LogP contribution < -0.4 is 4.74 Å². The fraction of sp³-hybridized carbons (Fsp3) is 0.367. The van der Waals surface area contributed by atoms with Crippen molar-refractivity contribution in [3.05, 3.63) is 81.2 Å². The van der Waals surface area contributed by atoms with Crippen molar-refractivity contribution in [3.63, 3.8) is 0 Å².